The molecule has 4 fully saturated rings. The lowest BCUT2D eigenvalue weighted by atomic mass is 9.41. The molecule has 4 saturated carbocycles. The van der Waals surface area contributed by atoms with E-state index in [1.807, 2.05) is 0 Å². The molecular weight excluding hydrogens is 252 g/mol. The molecule has 0 heteroatoms. The van der Waals surface area contributed by atoms with Gasteiger partial charge >= 0.3 is 0 Å². The Morgan fingerprint density at radius 1 is 0.810 bits per heavy atom. The van der Waals surface area contributed by atoms with E-state index in [9.17, 15) is 0 Å². The highest BCUT2D eigenvalue weighted by molar-refractivity contribution is 5.09. The van der Waals surface area contributed by atoms with Gasteiger partial charge in [0.1, 0.15) is 0 Å². The molecule has 0 spiro atoms. The average Bonchev–Trinajstić information content (AvgIpc) is 2.83. The van der Waals surface area contributed by atoms with Crippen LogP contribution in [0, 0.1) is 46.3 Å². The predicted molar refractivity (Wildman–Crippen MR) is 90.1 cm³/mol. The van der Waals surface area contributed by atoms with Crippen LogP contribution in [-0.4, -0.2) is 0 Å². The Kier molecular flexibility index (Phi) is 3.30. The molecule has 0 N–H and O–H groups in total. The highest BCUT2D eigenvalue weighted by Crippen LogP contribution is 2.68. The summed E-state index contributed by atoms with van der Waals surface area (Å²) in [5.74, 6) is 6.20. The first-order valence-electron chi connectivity index (χ1n) is 9.97. The molecule has 0 heterocycles. The fourth-order valence-corrected chi connectivity index (χ4v) is 8.04. The first kappa shape index (κ1) is 14.6. The molecule has 0 bridgehead atoms. The first-order chi connectivity index (χ1) is 9.97. The molecule has 0 aromatic heterocycles. The molecular formula is C21H36. The molecule has 0 aromatic carbocycles. The van der Waals surface area contributed by atoms with Gasteiger partial charge in [-0.15, -0.1) is 0 Å². The second-order valence-electron chi connectivity index (χ2n) is 9.98. The lowest BCUT2D eigenvalue weighted by Gasteiger charge is -2.64. The SMILES string of the molecule is C[C@@H]1CC2CCC[C@H](C)[C@]2(C)[C@H]2CC[C@]3(C)CCC[C@H]3[C@H]12. The Hall–Kier alpha value is 0. The second kappa shape index (κ2) is 4.75. The summed E-state index contributed by atoms with van der Waals surface area (Å²) < 4.78 is 0. The van der Waals surface area contributed by atoms with Gasteiger partial charge in [-0.05, 0) is 84.9 Å². The normalized spacial score (nSPS) is 60.0. The number of hydrogen-bond acceptors (Lipinski definition) is 0. The van der Waals surface area contributed by atoms with Gasteiger partial charge in [0.15, 0.2) is 0 Å². The van der Waals surface area contributed by atoms with Crippen LogP contribution in [0.3, 0.4) is 0 Å². The van der Waals surface area contributed by atoms with Crippen molar-refractivity contribution in [1.29, 1.82) is 0 Å². The number of rotatable bonds is 0. The Balaban J connectivity index is 1.72. The van der Waals surface area contributed by atoms with E-state index in [0.29, 0.717) is 5.41 Å². The van der Waals surface area contributed by atoms with E-state index in [1.165, 1.54) is 32.1 Å². The standard InChI is InChI=1S/C21H36/c1-14-13-16-8-5-7-15(2)21(16,4)18-10-12-20(3)11-6-9-17(20)19(14)18/h14-19H,5-13H2,1-4H3/t14-,15+,16?,17+,18+,19+,20+,21+/m1/s1. The molecule has 120 valence electrons. The molecule has 21 heavy (non-hydrogen) atoms. The highest BCUT2D eigenvalue weighted by Gasteiger charge is 2.60. The minimum absolute atomic E-state index is 0.680. The molecule has 4 rings (SSSR count). The number of fused-ring (bicyclic) bond motifs is 5. The van der Waals surface area contributed by atoms with Crippen LogP contribution in [-0.2, 0) is 0 Å². The van der Waals surface area contributed by atoms with Gasteiger partial charge in [0.05, 0.1) is 0 Å². The van der Waals surface area contributed by atoms with Crippen molar-refractivity contribution in [3.63, 3.8) is 0 Å². The lowest BCUT2D eigenvalue weighted by Crippen LogP contribution is -2.57. The van der Waals surface area contributed by atoms with Crippen LogP contribution in [0.15, 0.2) is 0 Å². The molecule has 1 unspecified atom stereocenters. The molecule has 0 saturated heterocycles. The smallest absolute Gasteiger partial charge is 0.0241 e. The minimum atomic E-state index is 0.680. The van der Waals surface area contributed by atoms with Crippen molar-refractivity contribution >= 4 is 0 Å². The van der Waals surface area contributed by atoms with Crippen LogP contribution < -0.4 is 0 Å². The average molecular weight is 289 g/mol. The van der Waals surface area contributed by atoms with Gasteiger partial charge in [-0.3, -0.25) is 0 Å². The molecule has 4 aliphatic carbocycles. The van der Waals surface area contributed by atoms with E-state index >= 15 is 0 Å². The van der Waals surface area contributed by atoms with E-state index < -0.39 is 0 Å². The third-order valence-corrected chi connectivity index (χ3v) is 9.36. The van der Waals surface area contributed by atoms with Gasteiger partial charge in [-0.25, -0.2) is 0 Å². The summed E-state index contributed by atoms with van der Waals surface area (Å²) in [7, 11) is 0. The van der Waals surface area contributed by atoms with Crippen molar-refractivity contribution in [3.8, 4) is 0 Å². The maximum absolute atomic E-state index is 2.72. The van der Waals surface area contributed by atoms with Crippen molar-refractivity contribution < 1.29 is 0 Å². The summed E-state index contributed by atoms with van der Waals surface area (Å²) in [6.45, 7) is 10.6. The predicted octanol–water partition coefficient (Wildman–Crippen LogP) is 6.30. The third-order valence-electron chi connectivity index (χ3n) is 9.36. The highest BCUT2D eigenvalue weighted by atomic mass is 14.6. The Labute approximate surface area is 132 Å². The van der Waals surface area contributed by atoms with Crippen molar-refractivity contribution in [2.75, 3.05) is 0 Å². The molecule has 0 aliphatic heterocycles. The van der Waals surface area contributed by atoms with Gasteiger partial charge in [0.25, 0.3) is 0 Å². The first-order valence-corrected chi connectivity index (χ1v) is 9.97. The lowest BCUT2D eigenvalue weighted by molar-refractivity contribution is -0.150. The van der Waals surface area contributed by atoms with Crippen molar-refractivity contribution in [2.24, 2.45) is 46.3 Å². The van der Waals surface area contributed by atoms with Crippen molar-refractivity contribution in [2.45, 2.75) is 85.5 Å². The fourth-order valence-electron chi connectivity index (χ4n) is 8.04. The van der Waals surface area contributed by atoms with Crippen LogP contribution in [0.25, 0.3) is 0 Å². The molecule has 0 aromatic rings. The van der Waals surface area contributed by atoms with Crippen LogP contribution in [0.4, 0.5) is 0 Å². The monoisotopic (exact) mass is 288 g/mol. The Morgan fingerprint density at radius 3 is 2.43 bits per heavy atom. The van der Waals surface area contributed by atoms with Crippen molar-refractivity contribution in [3.05, 3.63) is 0 Å². The quantitative estimate of drug-likeness (QED) is 0.490. The summed E-state index contributed by atoms with van der Waals surface area (Å²) in [4.78, 5) is 0. The van der Waals surface area contributed by atoms with Gasteiger partial charge in [-0.1, -0.05) is 47.0 Å². The van der Waals surface area contributed by atoms with Crippen LogP contribution >= 0.6 is 0 Å². The Bertz CT molecular complexity index is 412. The van der Waals surface area contributed by atoms with E-state index in [2.05, 4.69) is 27.7 Å². The zero-order chi connectivity index (χ0) is 14.8. The summed E-state index contributed by atoms with van der Waals surface area (Å²) in [5, 5.41) is 0. The molecule has 4 aliphatic rings. The van der Waals surface area contributed by atoms with E-state index in [0.717, 1.165) is 40.9 Å². The topological polar surface area (TPSA) is 0 Å². The second-order valence-corrected chi connectivity index (χ2v) is 9.98. The van der Waals surface area contributed by atoms with Crippen LogP contribution in [0.5, 0.6) is 0 Å². The van der Waals surface area contributed by atoms with Gasteiger partial charge in [-0.2, -0.15) is 0 Å². The van der Waals surface area contributed by atoms with E-state index in [4.69, 9.17) is 0 Å². The maximum atomic E-state index is 2.72. The summed E-state index contributed by atoms with van der Waals surface area (Å²) in [6.07, 6.45) is 13.8. The molecule has 0 amide bonds. The zero-order valence-electron chi connectivity index (χ0n) is 14.8. The molecule has 8 atom stereocenters. The third kappa shape index (κ3) is 1.86. The minimum Gasteiger partial charge on any atom is -0.0622 e. The number of hydrogen-bond donors (Lipinski definition) is 0. The van der Waals surface area contributed by atoms with Gasteiger partial charge in [0.2, 0.25) is 0 Å². The largest absolute Gasteiger partial charge is 0.0622 e. The van der Waals surface area contributed by atoms with Gasteiger partial charge in [0, 0.05) is 0 Å². The molecule has 0 nitrogen and oxygen atoms in total. The Morgan fingerprint density at radius 2 is 1.62 bits per heavy atom. The summed E-state index contributed by atoms with van der Waals surface area (Å²) in [6, 6.07) is 0. The van der Waals surface area contributed by atoms with E-state index in [-0.39, 0.29) is 0 Å². The van der Waals surface area contributed by atoms with Gasteiger partial charge < -0.3 is 0 Å². The van der Waals surface area contributed by atoms with E-state index in [1.54, 1.807) is 25.7 Å². The summed E-state index contributed by atoms with van der Waals surface area (Å²) >= 11 is 0. The molecule has 0 radical (unpaired) electrons. The fraction of sp³-hybridized carbons (Fsp3) is 1.00. The van der Waals surface area contributed by atoms with Crippen LogP contribution in [0.1, 0.15) is 85.5 Å². The van der Waals surface area contributed by atoms with Crippen molar-refractivity contribution in [1.82, 2.24) is 0 Å². The summed E-state index contributed by atoms with van der Waals surface area (Å²) in [5.41, 5.74) is 1.40. The van der Waals surface area contributed by atoms with Crippen LogP contribution in [0.2, 0.25) is 0 Å². The maximum Gasteiger partial charge on any atom is -0.0241 e. The zero-order valence-corrected chi connectivity index (χ0v) is 14.8.